The number of benzene rings is 1. The van der Waals surface area contributed by atoms with Gasteiger partial charge in [0.25, 0.3) is 0 Å². The molecule has 0 N–H and O–H groups in total. The van der Waals surface area contributed by atoms with Gasteiger partial charge in [-0.1, -0.05) is 51.1 Å². The fourth-order valence-corrected chi connectivity index (χ4v) is 3.50. The van der Waals surface area contributed by atoms with Gasteiger partial charge in [-0.25, -0.2) is 0 Å². The van der Waals surface area contributed by atoms with Gasteiger partial charge in [-0.3, -0.25) is 14.7 Å². The molecule has 1 aromatic carbocycles. The fourth-order valence-electron chi connectivity index (χ4n) is 3.50. The first-order valence-electron chi connectivity index (χ1n) is 9.20. The molecule has 132 valence electrons. The molecule has 0 amide bonds. The topological polar surface area (TPSA) is 33.2 Å². The number of likely N-dealkylation sites (tertiary alicyclic amines) is 1. The predicted molar refractivity (Wildman–Crippen MR) is 102 cm³/mol. The van der Waals surface area contributed by atoms with Gasteiger partial charge in [0, 0.05) is 30.8 Å². The fraction of sp³-hybridized carbons (Fsp3) is 0.455. The van der Waals surface area contributed by atoms with E-state index < -0.39 is 0 Å². The summed E-state index contributed by atoms with van der Waals surface area (Å²) >= 11 is 0. The minimum absolute atomic E-state index is 0.0953. The zero-order valence-corrected chi connectivity index (χ0v) is 15.5. The lowest BCUT2D eigenvalue weighted by Gasteiger charge is -2.31. The van der Waals surface area contributed by atoms with E-state index in [1.807, 2.05) is 30.5 Å². The van der Waals surface area contributed by atoms with Gasteiger partial charge in [0.15, 0.2) is 5.78 Å². The smallest absolute Gasteiger partial charge is 0.167 e. The lowest BCUT2D eigenvalue weighted by atomic mass is 9.85. The van der Waals surface area contributed by atoms with E-state index in [0.717, 1.165) is 43.7 Å². The summed E-state index contributed by atoms with van der Waals surface area (Å²) in [5.74, 6) is 0.379. The van der Waals surface area contributed by atoms with Gasteiger partial charge in [-0.05, 0) is 42.5 Å². The Balaban J connectivity index is 1.65. The van der Waals surface area contributed by atoms with Crippen LogP contribution in [0.5, 0.6) is 0 Å². The number of carbonyl (C=O) groups excluding carboxylic acids is 1. The average Bonchev–Trinajstić information content (AvgIpc) is 2.61. The second-order valence-corrected chi connectivity index (χ2v) is 8.09. The Labute approximate surface area is 151 Å². The molecule has 25 heavy (non-hydrogen) atoms. The van der Waals surface area contributed by atoms with E-state index >= 15 is 0 Å². The van der Waals surface area contributed by atoms with E-state index in [2.05, 4.69) is 48.9 Å². The Morgan fingerprint density at radius 1 is 1.16 bits per heavy atom. The highest BCUT2D eigenvalue weighted by atomic mass is 16.1. The van der Waals surface area contributed by atoms with E-state index in [1.54, 1.807) is 0 Å². The van der Waals surface area contributed by atoms with Crippen molar-refractivity contribution in [1.29, 1.82) is 0 Å². The van der Waals surface area contributed by atoms with Crippen molar-refractivity contribution < 1.29 is 4.79 Å². The lowest BCUT2D eigenvalue weighted by Crippen LogP contribution is -2.38. The van der Waals surface area contributed by atoms with Crippen LogP contribution in [0.25, 0.3) is 0 Å². The van der Waals surface area contributed by atoms with Crippen molar-refractivity contribution in [3.05, 3.63) is 65.5 Å². The SMILES string of the molecule is CC(C)(C)c1ccc(C(=O)[C@H]2CCCN(Cc3ccccn3)C2)cc1. The summed E-state index contributed by atoms with van der Waals surface area (Å²) in [6.45, 7) is 9.29. The molecule has 0 saturated carbocycles. The Hall–Kier alpha value is -2.00. The van der Waals surface area contributed by atoms with Crippen LogP contribution in [-0.2, 0) is 12.0 Å². The molecular formula is C22H28N2O. The van der Waals surface area contributed by atoms with E-state index in [-0.39, 0.29) is 17.1 Å². The number of rotatable bonds is 4. The number of hydrogen-bond acceptors (Lipinski definition) is 3. The number of pyridine rings is 1. The van der Waals surface area contributed by atoms with Crippen LogP contribution in [0.3, 0.4) is 0 Å². The molecule has 0 spiro atoms. The van der Waals surface area contributed by atoms with Crippen molar-refractivity contribution in [1.82, 2.24) is 9.88 Å². The van der Waals surface area contributed by atoms with Crippen LogP contribution in [0, 0.1) is 5.92 Å². The van der Waals surface area contributed by atoms with Crippen molar-refractivity contribution >= 4 is 5.78 Å². The zero-order valence-electron chi connectivity index (χ0n) is 15.5. The molecule has 0 bridgehead atoms. The van der Waals surface area contributed by atoms with Gasteiger partial charge >= 0.3 is 0 Å². The molecule has 3 rings (SSSR count). The Kier molecular flexibility index (Phi) is 5.33. The molecule has 0 aliphatic carbocycles. The number of aromatic nitrogens is 1. The highest BCUT2D eigenvalue weighted by Crippen LogP contribution is 2.25. The molecule has 0 unspecified atom stereocenters. The number of piperidine rings is 1. The van der Waals surface area contributed by atoms with Gasteiger partial charge in [0.05, 0.1) is 5.69 Å². The van der Waals surface area contributed by atoms with Gasteiger partial charge in [-0.2, -0.15) is 0 Å². The standard InChI is InChI=1S/C22H28N2O/c1-22(2,3)19-11-9-17(10-12-19)21(25)18-7-6-14-24(15-18)16-20-8-4-5-13-23-20/h4-5,8-13,18H,6-7,14-16H2,1-3H3/t18-/m0/s1. The Bertz CT molecular complexity index is 701. The molecule has 0 radical (unpaired) electrons. The van der Waals surface area contributed by atoms with Crippen LogP contribution in [0.15, 0.2) is 48.7 Å². The predicted octanol–water partition coefficient (Wildman–Crippen LogP) is 4.47. The number of ketones is 1. The molecule has 1 atom stereocenters. The van der Waals surface area contributed by atoms with Crippen molar-refractivity contribution in [2.24, 2.45) is 5.92 Å². The van der Waals surface area contributed by atoms with E-state index in [0.29, 0.717) is 0 Å². The van der Waals surface area contributed by atoms with Crippen LogP contribution in [0.4, 0.5) is 0 Å². The van der Waals surface area contributed by atoms with Crippen LogP contribution >= 0.6 is 0 Å². The van der Waals surface area contributed by atoms with Crippen LogP contribution in [0.2, 0.25) is 0 Å². The van der Waals surface area contributed by atoms with Crippen LogP contribution in [-0.4, -0.2) is 28.8 Å². The summed E-state index contributed by atoms with van der Waals surface area (Å²) in [4.78, 5) is 19.7. The Morgan fingerprint density at radius 3 is 2.56 bits per heavy atom. The molecule has 1 aliphatic rings. The number of nitrogens with zero attached hydrogens (tertiary/aromatic N) is 2. The molecular weight excluding hydrogens is 308 g/mol. The first-order valence-corrected chi connectivity index (χ1v) is 9.20. The zero-order chi connectivity index (χ0) is 17.9. The third-order valence-electron chi connectivity index (χ3n) is 5.02. The minimum atomic E-state index is 0.0953. The molecule has 2 heterocycles. The van der Waals surface area contributed by atoms with Crippen molar-refractivity contribution in [3.8, 4) is 0 Å². The highest BCUT2D eigenvalue weighted by Gasteiger charge is 2.27. The van der Waals surface area contributed by atoms with E-state index in [1.165, 1.54) is 5.56 Å². The van der Waals surface area contributed by atoms with Crippen LogP contribution < -0.4 is 0 Å². The summed E-state index contributed by atoms with van der Waals surface area (Å²) in [5.41, 5.74) is 3.30. The third-order valence-corrected chi connectivity index (χ3v) is 5.02. The molecule has 1 aromatic heterocycles. The van der Waals surface area contributed by atoms with Crippen LogP contribution in [0.1, 0.15) is 55.2 Å². The summed E-state index contributed by atoms with van der Waals surface area (Å²) in [6, 6.07) is 14.2. The Morgan fingerprint density at radius 2 is 1.92 bits per heavy atom. The number of Topliss-reactive ketones (excluding diaryl/α,β-unsaturated/α-hetero) is 1. The van der Waals surface area contributed by atoms with Gasteiger partial charge < -0.3 is 0 Å². The second kappa shape index (κ2) is 7.49. The number of hydrogen-bond donors (Lipinski definition) is 0. The number of carbonyl (C=O) groups is 1. The molecule has 1 aliphatic heterocycles. The van der Waals surface area contributed by atoms with Crippen molar-refractivity contribution in [2.75, 3.05) is 13.1 Å². The first kappa shape index (κ1) is 17.8. The largest absolute Gasteiger partial charge is 0.297 e. The molecule has 1 saturated heterocycles. The lowest BCUT2D eigenvalue weighted by molar-refractivity contribution is 0.0810. The summed E-state index contributed by atoms with van der Waals surface area (Å²) < 4.78 is 0. The second-order valence-electron chi connectivity index (χ2n) is 8.09. The van der Waals surface area contributed by atoms with E-state index in [9.17, 15) is 4.79 Å². The van der Waals surface area contributed by atoms with E-state index in [4.69, 9.17) is 0 Å². The maximum absolute atomic E-state index is 12.9. The average molecular weight is 336 g/mol. The molecule has 3 heteroatoms. The molecule has 1 fully saturated rings. The quantitative estimate of drug-likeness (QED) is 0.772. The normalized spacial score (nSPS) is 18.9. The van der Waals surface area contributed by atoms with Gasteiger partial charge in [0.1, 0.15) is 0 Å². The molecule has 2 aromatic rings. The monoisotopic (exact) mass is 336 g/mol. The summed E-state index contributed by atoms with van der Waals surface area (Å²) in [6.07, 6.45) is 3.89. The maximum Gasteiger partial charge on any atom is 0.167 e. The van der Waals surface area contributed by atoms with Crippen molar-refractivity contribution in [2.45, 2.75) is 45.6 Å². The minimum Gasteiger partial charge on any atom is -0.297 e. The summed E-state index contributed by atoms with van der Waals surface area (Å²) in [7, 11) is 0. The highest BCUT2D eigenvalue weighted by molar-refractivity contribution is 5.98. The van der Waals surface area contributed by atoms with Gasteiger partial charge in [0.2, 0.25) is 0 Å². The first-order chi connectivity index (χ1) is 11.9. The van der Waals surface area contributed by atoms with Gasteiger partial charge in [-0.15, -0.1) is 0 Å². The maximum atomic E-state index is 12.9. The molecule has 3 nitrogen and oxygen atoms in total. The third kappa shape index (κ3) is 4.55. The van der Waals surface area contributed by atoms with Crippen molar-refractivity contribution in [3.63, 3.8) is 0 Å². The summed E-state index contributed by atoms with van der Waals surface area (Å²) in [5, 5.41) is 0.